The number of benzene rings is 2. The van der Waals surface area contributed by atoms with E-state index in [1.807, 2.05) is 52.8 Å². The highest BCUT2D eigenvalue weighted by atomic mass is 19.1. The van der Waals surface area contributed by atoms with Crippen LogP contribution >= 0.6 is 0 Å². The molecule has 0 spiro atoms. The van der Waals surface area contributed by atoms with E-state index < -0.39 is 17.0 Å². The molecule has 4 aromatic rings. The molecule has 4 heterocycles. The average Bonchev–Trinajstić information content (AvgIpc) is 3.51. The van der Waals surface area contributed by atoms with Gasteiger partial charge in [0.25, 0.3) is 5.91 Å². The zero-order valence-corrected chi connectivity index (χ0v) is 30.2. The van der Waals surface area contributed by atoms with E-state index in [4.69, 9.17) is 20.3 Å². The smallest absolute Gasteiger partial charge is 0.410 e. The summed E-state index contributed by atoms with van der Waals surface area (Å²) in [5, 5.41) is 15.4. The van der Waals surface area contributed by atoms with Crippen LogP contribution in [-0.2, 0) is 9.53 Å². The number of ether oxygens (including phenoxy) is 2. The van der Waals surface area contributed by atoms with Crippen molar-refractivity contribution in [1.29, 1.82) is 5.26 Å². The molecule has 13 nitrogen and oxygen atoms in total. The zero-order valence-electron chi connectivity index (χ0n) is 30.2. The number of piperidine rings is 1. The second-order valence-electron chi connectivity index (χ2n) is 14.6. The summed E-state index contributed by atoms with van der Waals surface area (Å²) in [6.07, 6.45) is 4.03. The number of piperazine rings is 1. The quantitative estimate of drug-likeness (QED) is 0.180. The number of hydrogen-bond donors (Lipinski definition) is 1. The second kappa shape index (κ2) is 14.6. The molecule has 0 saturated carbocycles. The van der Waals surface area contributed by atoms with Gasteiger partial charge in [0.15, 0.2) is 5.65 Å². The van der Waals surface area contributed by atoms with Crippen LogP contribution in [0.5, 0.6) is 11.5 Å². The van der Waals surface area contributed by atoms with Crippen molar-refractivity contribution in [3.05, 3.63) is 72.3 Å². The summed E-state index contributed by atoms with van der Waals surface area (Å²) in [5.74, 6) is 0.131. The van der Waals surface area contributed by atoms with Crippen molar-refractivity contribution in [2.24, 2.45) is 0 Å². The fraction of sp³-hybridized carbons (Fsp3) is 0.421. The van der Waals surface area contributed by atoms with E-state index in [0.717, 1.165) is 0 Å². The van der Waals surface area contributed by atoms with Crippen molar-refractivity contribution < 1.29 is 23.5 Å². The lowest BCUT2D eigenvalue weighted by Gasteiger charge is -2.43. The third-order valence-corrected chi connectivity index (χ3v) is 9.32. The molecule has 0 bridgehead atoms. The molecular weight excluding hydrogens is 665 g/mol. The van der Waals surface area contributed by atoms with Gasteiger partial charge in [-0.15, -0.1) is 0 Å². The number of carbonyl (C=O) groups excluding carboxylic acids is 2. The third kappa shape index (κ3) is 7.84. The lowest BCUT2D eigenvalue weighted by atomic mass is 9.96. The molecule has 1 atom stereocenters. The summed E-state index contributed by atoms with van der Waals surface area (Å²) in [6.45, 7) is 12.2. The van der Waals surface area contributed by atoms with Gasteiger partial charge in [0.2, 0.25) is 0 Å². The highest BCUT2D eigenvalue weighted by Gasteiger charge is 2.35. The van der Waals surface area contributed by atoms with Crippen molar-refractivity contribution in [3.8, 4) is 28.8 Å². The van der Waals surface area contributed by atoms with Gasteiger partial charge in [0.05, 0.1) is 11.4 Å². The maximum absolute atomic E-state index is 15.7. The van der Waals surface area contributed by atoms with Crippen molar-refractivity contribution in [3.63, 3.8) is 0 Å². The van der Waals surface area contributed by atoms with Gasteiger partial charge < -0.3 is 25.0 Å². The van der Waals surface area contributed by atoms with Crippen molar-refractivity contribution in [1.82, 2.24) is 34.4 Å². The lowest BCUT2D eigenvalue weighted by Crippen LogP contribution is -2.56. The first-order chi connectivity index (χ1) is 24.7. The first kappa shape index (κ1) is 36.2. The molecule has 1 unspecified atom stereocenters. The molecule has 2 amide bonds. The predicted molar refractivity (Wildman–Crippen MR) is 194 cm³/mol. The number of nitrogen functional groups attached to an aromatic ring is 1. The van der Waals surface area contributed by atoms with E-state index >= 15 is 4.39 Å². The third-order valence-electron chi connectivity index (χ3n) is 9.32. The number of fused-ring (bicyclic) bond motifs is 1. The number of hydrogen-bond acceptors (Lipinski definition) is 10. The van der Waals surface area contributed by atoms with Gasteiger partial charge in [-0.1, -0.05) is 18.2 Å². The van der Waals surface area contributed by atoms with E-state index in [1.54, 1.807) is 44.8 Å². The van der Waals surface area contributed by atoms with Gasteiger partial charge in [0, 0.05) is 56.4 Å². The van der Waals surface area contributed by atoms with Crippen molar-refractivity contribution >= 4 is 28.9 Å². The van der Waals surface area contributed by atoms with Crippen LogP contribution in [0.1, 0.15) is 53.5 Å². The summed E-state index contributed by atoms with van der Waals surface area (Å²) < 4.78 is 28.7. The second-order valence-corrected chi connectivity index (χ2v) is 14.6. The van der Waals surface area contributed by atoms with E-state index in [9.17, 15) is 14.9 Å². The minimum atomic E-state index is -0.636. The number of nitrogens with two attached hydrogens (primary N) is 1. The van der Waals surface area contributed by atoms with Gasteiger partial charge in [-0.25, -0.2) is 23.8 Å². The maximum atomic E-state index is 15.7. The molecule has 2 aliphatic heterocycles. The average molecular weight is 710 g/mol. The van der Waals surface area contributed by atoms with Crippen LogP contribution in [0.2, 0.25) is 0 Å². The molecule has 2 N–H and O–H groups in total. The molecule has 14 heteroatoms. The van der Waals surface area contributed by atoms with Gasteiger partial charge in [-0.3, -0.25) is 9.69 Å². The Labute approximate surface area is 302 Å². The predicted octanol–water partition coefficient (Wildman–Crippen LogP) is 5.95. The monoisotopic (exact) mass is 709 g/mol. The number of halogens is 1. The fourth-order valence-electron chi connectivity index (χ4n) is 6.70. The van der Waals surface area contributed by atoms with Gasteiger partial charge >= 0.3 is 6.09 Å². The summed E-state index contributed by atoms with van der Waals surface area (Å²) in [4.78, 5) is 40.6. The van der Waals surface area contributed by atoms with Crippen LogP contribution in [0, 0.1) is 17.1 Å². The number of amides is 2. The van der Waals surface area contributed by atoms with Crippen LogP contribution in [0.3, 0.4) is 0 Å². The molecule has 2 fully saturated rings. The highest BCUT2D eigenvalue weighted by molar-refractivity contribution is 5.99. The minimum absolute atomic E-state index is 0.0395. The Kier molecular flexibility index (Phi) is 10.2. The fourth-order valence-corrected chi connectivity index (χ4v) is 6.70. The Morgan fingerprint density at radius 1 is 0.981 bits per heavy atom. The van der Waals surface area contributed by atoms with Crippen molar-refractivity contribution in [2.45, 2.75) is 64.6 Å². The van der Waals surface area contributed by atoms with Crippen LogP contribution in [-0.4, -0.2) is 96.9 Å². The van der Waals surface area contributed by atoms with E-state index in [1.165, 1.54) is 12.4 Å². The molecule has 2 saturated heterocycles. The number of para-hydroxylation sites is 1. The van der Waals surface area contributed by atoms with Crippen LogP contribution in [0.15, 0.2) is 66.5 Å². The minimum Gasteiger partial charge on any atom is -0.457 e. The molecule has 2 aromatic heterocycles. The number of aromatic nitrogens is 4. The number of likely N-dealkylation sites (tertiary alicyclic amines) is 1. The molecule has 0 aliphatic carbocycles. The molecule has 0 radical (unpaired) electrons. The standard InChI is InChI=1S/C38H44FN9O4/c1-37(2,3)52-36(50)45-16-18-47(19-17-45)38(4,5)21-25(22-40)35(49)46-15-9-10-26(23-46)48-34-31(33(41)42-24-43-34)32(44-48)29-14-13-28(20-30(29)39)51-27-11-7-6-8-12-27/h6-8,11-14,20-21,24,26H,9-10,15-19,23H2,1-5H3,(H2,41,42,43)/b25-21+. The summed E-state index contributed by atoms with van der Waals surface area (Å²) >= 11 is 0. The van der Waals surface area contributed by atoms with E-state index in [-0.39, 0.29) is 47.2 Å². The van der Waals surface area contributed by atoms with Crippen LogP contribution in [0.4, 0.5) is 15.0 Å². The SMILES string of the molecule is CC(C)(C)OC(=O)N1CCN(C(C)(C)/C=C(\C#N)C(=O)N2CCCC(n3nc(-c4ccc(Oc5ccccc5)cc4F)c4c(N)ncnc43)C2)CC1. The molecule has 2 aromatic carbocycles. The molecule has 272 valence electrons. The first-order valence-corrected chi connectivity index (χ1v) is 17.4. The van der Waals surface area contributed by atoms with Crippen LogP contribution < -0.4 is 10.5 Å². The molecule has 52 heavy (non-hydrogen) atoms. The Morgan fingerprint density at radius 2 is 1.71 bits per heavy atom. The number of nitriles is 1. The number of anilines is 1. The Bertz CT molecular complexity index is 2030. The number of carbonyl (C=O) groups is 2. The molecular formula is C38H44FN9O4. The Morgan fingerprint density at radius 3 is 2.38 bits per heavy atom. The first-order valence-electron chi connectivity index (χ1n) is 17.4. The highest BCUT2D eigenvalue weighted by Crippen LogP contribution is 2.36. The topological polar surface area (TPSA) is 156 Å². The molecule has 2 aliphatic rings. The largest absolute Gasteiger partial charge is 0.457 e. The van der Waals surface area contributed by atoms with E-state index in [2.05, 4.69) is 20.9 Å². The zero-order chi connectivity index (χ0) is 37.2. The Hall–Kier alpha value is -5.55. The normalized spacial score (nSPS) is 17.6. The summed E-state index contributed by atoms with van der Waals surface area (Å²) in [6, 6.07) is 15.5. The van der Waals surface area contributed by atoms with Gasteiger partial charge in [-0.05, 0) is 77.8 Å². The maximum Gasteiger partial charge on any atom is 0.410 e. The lowest BCUT2D eigenvalue weighted by molar-refractivity contribution is -0.128. The number of rotatable bonds is 7. The Balaban J connectivity index is 1.20. The van der Waals surface area contributed by atoms with Gasteiger partial charge in [0.1, 0.15) is 52.4 Å². The van der Waals surface area contributed by atoms with E-state index in [0.29, 0.717) is 68.1 Å². The van der Waals surface area contributed by atoms with Crippen LogP contribution in [0.25, 0.3) is 22.3 Å². The molecule has 6 rings (SSSR count). The summed E-state index contributed by atoms with van der Waals surface area (Å²) in [5.41, 5.74) is 6.07. The number of nitrogens with zero attached hydrogens (tertiary/aromatic N) is 8. The van der Waals surface area contributed by atoms with Crippen molar-refractivity contribution in [2.75, 3.05) is 45.0 Å². The summed E-state index contributed by atoms with van der Waals surface area (Å²) in [7, 11) is 0. The van der Waals surface area contributed by atoms with Gasteiger partial charge in [-0.2, -0.15) is 10.4 Å².